The Balaban J connectivity index is 5.07. The maximum atomic E-state index is 9.94. The molecule has 1 N–H and O–H groups in total. The summed E-state index contributed by atoms with van der Waals surface area (Å²) in [6.07, 6.45) is 0. The Kier molecular flexibility index (Phi) is 2.54. The first-order valence-electron chi connectivity index (χ1n) is 1.42. The summed E-state index contributed by atoms with van der Waals surface area (Å²) in [4.78, 5) is 0. The molecular formula is H3O6PS2. The molecule has 0 aliphatic heterocycles. The van der Waals surface area contributed by atoms with Gasteiger partial charge in [0, 0.05) is 9.47 Å². The summed E-state index contributed by atoms with van der Waals surface area (Å²) in [6.45, 7) is 0. The van der Waals surface area contributed by atoms with Crippen molar-refractivity contribution in [1.29, 1.82) is 0 Å². The van der Waals surface area contributed by atoms with Gasteiger partial charge in [0.1, 0.15) is 0 Å². The molecule has 0 aliphatic rings. The van der Waals surface area contributed by atoms with Gasteiger partial charge in [-0.25, -0.2) is 3.97 Å². The van der Waals surface area contributed by atoms with E-state index >= 15 is 0 Å². The Morgan fingerprint density at radius 3 is 1.56 bits per heavy atom. The standard InChI is InChI=1S/H3O6PS2/c1-8(2,3)9(4,5)6-7/h7H2,(H,1,2,3). The predicted molar refractivity (Wildman–Crippen MR) is 31.3 cm³/mol. The molecule has 0 radical (unpaired) electrons. The van der Waals surface area contributed by atoms with Crippen LogP contribution in [0.5, 0.6) is 0 Å². The van der Waals surface area contributed by atoms with Crippen LogP contribution in [0.2, 0.25) is 0 Å². The third-order valence-corrected chi connectivity index (χ3v) is 4.09. The van der Waals surface area contributed by atoms with Crippen LogP contribution >= 0.6 is 9.47 Å². The van der Waals surface area contributed by atoms with E-state index in [-0.39, 0.29) is 0 Å². The van der Waals surface area contributed by atoms with Gasteiger partial charge in [0.2, 0.25) is 0 Å². The first-order chi connectivity index (χ1) is 3.81. The number of rotatable bonds is 2. The predicted octanol–water partition coefficient (Wildman–Crippen LogP) is -1.07. The second kappa shape index (κ2) is 2.47. The van der Waals surface area contributed by atoms with Crippen molar-refractivity contribution in [3.63, 3.8) is 0 Å². The molecule has 0 saturated heterocycles. The molecule has 0 aliphatic carbocycles. The van der Waals surface area contributed by atoms with Crippen LogP contribution in [-0.2, 0) is 22.3 Å². The van der Waals surface area contributed by atoms with Crippen molar-refractivity contribution >= 4 is 27.8 Å². The van der Waals surface area contributed by atoms with Gasteiger partial charge in [0.05, 0.1) is 0 Å². The van der Waals surface area contributed by atoms with Crippen LogP contribution in [0.1, 0.15) is 0 Å². The summed E-state index contributed by atoms with van der Waals surface area (Å²) in [6, 6.07) is 0. The average molecular weight is 194 g/mol. The van der Waals surface area contributed by atoms with Crippen molar-refractivity contribution in [3.05, 3.63) is 0 Å². The van der Waals surface area contributed by atoms with Gasteiger partial charge in [-0.15, -0.1) is 0 Å². The van der Waals surface area contributed by atoms with Crippen LogP contribution in [0, 0.1) is 0 Å². The zero-order valence-electron chi connectivity index (χ0n) is 3.88. The Hall–Kier alpha value is 0.250. The lowest BCUT2D eigenvalue weighted by Gasteiger charge is -1.92. The second-order valence-electron chi connectivity index (χ2n) is 0.932. The van der Waals surface area contributed by atoms with E-state index in [0.717, 1.165) is 0 Å². The lowest BCUT2D eigenvalue weighted by molar-refractivity contribution is 0.475. The lowest BCUT2D eigenvalue weighted by Crippen LogP contribution is -2.12. The Bertz CT molecular complexity index is 266. The maximum absolute atomic E-state index is 9.94. The van der Waals surface area contributed by atoms with Crippen LogP contribution in [0.15, 0.2) is 0 Å². The van der Waals surface area contributed by atoms with Gasteiger partial charge in [-0.05, 0) is 0 Å². The third-order valence-electron chi connectivity index (χ3n) is 0.376. The zero-order valence-corrected chi connectivity index (χ0v) is 6.67. The van der Waals surface area contributed by atoms with Crippen molar-refractivity contribution in [2.75, 3.05) is 0 Å². The van der Waals surface area contributed by atoms with E-state index in [2.05, 4.69) is 3.97 Å². The SMILES string of the molecule is O=S(=O)(O)S(=O)(=O)OP. The lowest BCUT2D eigenvalue weighted by atomic mass is 15.8. The van der Waals surface area contributed by atoms with Gasteiger partial charge in [-0.2, -0.15) is 16.8 Å². The Morgan fingerprint density at radius 2 is 1.56 bits per heavy atom. The molecule has 0 heterocycles. The van der Waals surface area contributed by atoms with Crippen LogP contribution in [0.4, 0.5) is 0 Å². The number of hydrogen-bond donors (Lipinski definition) is 1. The molecule has 0 saturated carbocycles. The quantitative estimate of drug-likeness (QED) is 0.341. The highest BCUT2D eigenvalue weighted by Gasteiger charge is 2.26. The van der Waals surface area contributed by atoms with Crippen LogP contribution in [0.3, 0.4) is 0 Å². The monoisotopic (exact) mass is 194 g/mol. The van der Waals surface area contributed by atoms with E-state index < -0.39 is 18.3 Å². The smallest absolute Gasteiger partial charge is 0.272 e. The summed E-state index contributed by atoms with van der Waals surface area (Å²) in [5, 5.41) is 0. The molecule has 1 atom stereocenters. The minimum absolute atomic E-state index is 1.18. The van der Waals surface area contributed by atoms with Crippen molar-refractivity contribution in [1.82, 2.24) is 0 Å². The fourth-order valence-corrected chi connectivity index (χ4v) is 1.34. The van der Waals surface area contributed by atoms with E-state index in [9.17, 15) is 16.8 Å². The molecule has 0 amide bonds. The second-order valence-corrected chi connectivity index (χ2v) is 5.86. The topological polar surface area (TPSA) is 97.7 Å². The van der Waals surface area contributed by atoms with Gasteiger partial charge >= 0.3 is 18.3 Å². The van der Waals surface area contributed by atoms with E-state index in [0.29, 0.717) is 0 Å². The molecule has 0 rings (SSSR count). The molecule has 6 nitrogen and oxygen atoms in total. The van der Waals surface area contributed by atoms with Gasteiger partial charge in [0.25, 0.3) is 0 Å². The molecule has 9 heteroatoms. The first-order valence-corrected chi connectivity index (χ1v) is 5.25. The highest BCUT2D eigenvalue weighted by Crippen LogP contribution is 2.05. The molecule has 9 heavy (non-hydrogen) atoms. The zero-order chi connectivity index (χ0) is 7.71. The molecule has 0 aromatic carbocycles. The molecule has 1 unspecified atom stereocenters. The van der Waals surface area contributed by atoms with Crippen LogP contribution in [0.25, 0.3) is 0 Å². The van der Waals surface area contributed by atoms with Crippen molar-refractivity contribution < 1.29 is 25.4 Å². The fraction of sp³-hybridized carbons (Fsp3) is 0. The molecule has 0 spiro atoms. The largest absolute Gasteiger partial charge is 0.402 e. The first kappa shape index (κ1) is 9.25. The van der Waals surface area contributed by atoms with Gasteiger partial charge in [0.15, 0.2) is 0 Å². The molecule has 0 aromatic rings. The van der Waals surface area contributed by atoms with Crippen LogP contribution in [-0.4, -0.2) is 21.4 Å². The van der Waals surface area contributed by atoms with Gasteiger partial charge < -0.3 is 0 Å². The van der Waals surface area contributed by atoms with Crippen molar-refractivity contribution in [3.8, 4) is 0 Å². The Morgan fingerprint density at radius 1 is 1.22 bits per heavy atom. The molecule has 56 valence electrons. The highest BCUT2D eigenvalue weighted by atomic mass is 33.2. The highest BCUT2D eigenvalue weighted by molar-refractivity contribution is 8.63. The van der Waals surface area contributed by atoms with Crippen LogP contribution < -0.4 is 0 Å². The summed E-state index contributed by atoms with van der Waals surface area (Å²) in [5.41, 5.74) is 0. The number of hydrogen-bond acceptors (Lipinski definition) is 5. The maximum Gasteiger partial charge on any atom is 0.402 e. The molecule has 0 bridgehead atoms. The minimum Gasteiger partial charge on any atom is -0.272 e. The fourth-order valence-electron chi connectivity index (χ4n) is 0.0496. The summed E-state index contributed by atoms with van der Waals surface area (Å²) >= 11 is 0. The summed E-state index contributed by atoms with van der Waals surface area (Å²) in [5.74, 6) is 0. The van der Waals surface area contributed by atoms with Gasteiger partial charge in [-0.3, -0.25) is 4.55 Å². The van der Waals surface area contributed by atoms with E-state index in [4.69, 9.17) is 4.55 Å². The van der Waals surface area contributed by atoms with Crippen molar-refractivity contribution in [2.45, 2.75) is 0 Å². The average Bonchev–Trinajstić information content (AvgIpc) is 1.64. The van der Waals surface area contributed by atoms with Crippen molar-refractivity contribution in [2.24, 2.45) is 0 Å². The Labute approximate surface area is 53.8 Å². The summed E-state index contributed by atoms with van der Waals surface area (Å²) < 4.78 is 50.5. The van der Waals surface area contributed by atoms with E-state index in [1.54, 1.807) is 0 Å². The normalized spacial score (nSPS) is 13.6. The molecule has 0 fully saturated rings. The van der Waals surface area contributed by atoms with E-state index in [1.807, 2.05) is 0 Å². The summed E-state index contributed by atoms with van der Waals surface area (Å²) in [7, 11) is -8.78. The van der Waals surface area contributed by atoms with Gasteiger partial charge in [-0.1, -0.05) is 0 Å². The third kappa shape index (κ3) is 2.15. The minimum atomic E-state index is -5.12. The molecular weight excluding hydrogens is 191 g/mol. The van der Waals surface area contributed by atoms with E-state index in [1.165, 1.54) is 9.47 Å². The molecule has 0 aromatic heterocycles.